The van der Waals surface area contributed by atoms with Gasteiger partial charge in [0.25, 0.3) is 5.91 Å². The van der Waals surface area contributed by atoms with Gasteiger partial charge in [-0.25, -0.2) is 0 Å². The van der Waals surface area contributed by atoms with Crippen molar-refractivity contribution in [3.8, 4) is 6.07 Å². The Morgan fingerprint density at radius 3 is 2.33 bits per heavy atom. The summed E-state index contributed by atoms with van der Waals surface area (Å²) in [5.41, 5.74) is -1.71. The highest BCUT2D eigenvalue weighted by molar-refractivity contribution is 6.06. The molecule has 0 aliphatic rings. The lowest BCUT2D eigenvalue weighted by molar-refractivity contribution is -0.137. The molecule has 4 nitrogen and oxygen atoms in total. The fourth-order valence-corrected chi connectivity index (χ4v) is 1.86. The number of benzene rings is 1. The van der Waals surface area contributed by atoms with Crippen LogP contribution in [-0.2, 0) is 11.0 Å². The monoisotopic (exact) mass is 335 g/mol. The summed E-state index contributed by atoms with van der Waals surface area (Å²) < 4.78 is 38.8. The number of rotatable bonds is 7. The van der Waals surface area contributed by atoms with Gasteiger partial charge in [0.15, 0.2) is 0 Å². The first-order chi connectivity index (χ1) is 11.3. The first kappa shape index (κ1) is 19.0. The molecule has 7 heteroatoms. The first-order valence-corrected chi connectivity index (χ1v) is 6.88. The summed E-state index contributed by atoms with van der Waals surface area (Å²) >= 11 is 0. The van der Waals surface area contributed by atoms with Crippen molar-refractivity contribution in [2.24, 2.45) is 0 Å². The Morgan fingerprint density at radius 2 is 1.83 bits per heavy atom. The molecule has 0 unspecified atom stereocenters. The zero-order chi connectivity index (χ0) is 18.2. The molecule has 0 radical (unpaired) electrons. The number of nitriles is 1. The summed E-state index contributed by atoms with van der Waals surface area (Å²) in [5.74, 6) is -0.924. The van der Waals surface area contributed by atoms with Crippen LogP contribution in [0.1, 0.15) is 5.56 Å². The third-order valence-electron chi connectivity index (χ3n) is 2.88. The minimum Gasteiger partial charge on any atom is -0.369 e. The zero-order valence-electron chi connectivity index (χ0n) is 12.8. The van der Waals surface area contributed by atoms with Crippen molar-refractivity contribution in [1.82, 2.24) is 4.90 Å². The Morgan fingerprint density at radius 1 is 1.25 bits per heavy atom. The lowest BCUT2D eigenvalue weighted by Crippen LogP contribution is -2.22. The smallest absolute Gasteiger partial charge is 0.369 e. The average molecular weight is 335 g/mol. The van der Waals surface area contributed by atoms with Crippen molar-refractivity contribution >= 4 is 11.6 Å². The maximum absolute atomic E-state index is 12.9. The molecule has 0 saturated heterocycles. The molecule has 0 aromatic heterocycles. The number of amides is 1. The van der Waals surface area contributed by atoms with Crippen LogP contribution in [0.15, 0.2) is 61.3 Å². The zero-order valence-corrected chi connectivity index (χ0v) is 12.8. The van der Waals surface area contributed by atoms with Crippen LogP contribution in [0.3, 0.4) is 0 Å². The van der Waals surface area contributed by atoms with Gasteiger partial charge in [-0.05, 0) is 12.1 Å². The van der Waals surface area contributed by atoms with Gasteiger partial charge in [0.05, 0.1) is 11.3 Å². The van der Waals surface area contributed by atoms with Crippen LogP contribution < -0.4 is 5.32 Å². The SMILES string of the molecule is C=CCN(/C=C(/C#N)C(=O)Nc1ccccc1C(F)(F)F)CC=C. The highest BCUT2D eigenvalue weighted by Gasteiger charge is 2.33. The number of para-hydroxylation sites is 1. The van der Waals surface area contributed by atoms with E-state index in [4.69, 9.17) is 5.26 Å². The number of hydrogen-bond acceptors (Lipinski definition) is 3. The van der Waals surface area contributed by atoms with Gasteiger partial charge in [0.1, 0.15) is 11.6 Å². The van der Waals surface area contributed by atoms with E-state index >= 15 is 0 Å². The van der Waals surface area contributed by atoms with Crippen LogP contribution in [0.2, 0.25) is 0 Å². The highest BCUT2D eigenvalue weighted by atomic mass is 19.4. The van der Waals surface area contributed by atoms with Crippen molar-refractivity contribution in [3.63, 3.8) is 0 Å². The van der Waals surface area contributed by atoms with Crippen LogP contribution in [0.5, 0.6) is 0 Å². The standard InChI is InChI=1S/C17H16F3N3O/c1-3-9-23(10-4-2)12-13(11-21)16(24)22-15-8-6-5-7-14(15)17(18,19)20/h3-8,12H,1-2,9-10H2,(H,22,24)/b13-12-. The van der Waals surface area contributed by atoms with E-state index in [1.165, 1.54) is 18.3 Å². The molecule has 1 amide bonds. The molecule has 1 N–H and O–H groups in total. The fourth-order valence-electron chi connectivity index (χ4n) is 1.86. The molecule has 0 atom stereocenters. The van der Waals surface area contributed by atoms with Crippen molar-refractivity contribution < 1.29 is 18.0 Å². The molecule has 0 aliphatic carbocycles. The molecule has 0 heterocycles. The summed E-state index contributed by atoms with van der Waals surface area (Å²) in [5, 5.41) is 11.2. The third kappa shape index (κ3) is 5.32. The molecule has 24 heavy (non-hydrogen) atoms. The van der Waals surface area contributed by atoms with Gasteiger partial charge in [-0.15, -0.1) is 13.2 Å². The van der Waals surface area contributed by atoms with Crippen LogP contribution in [0, 0.1) is 11.3 Å². The number of anilines is 1. The highest BCUT2D eigenvalue weighted by Crippen LogP contribution is 2.34. The fraction of sp³-hybridized carbons (Fsp3) is 0.176. The summed E-state index contributed by atoms with van der Waals surface area (Å²) in [6, 6.07) is 6.25. The maximum atomic E-state index is 12.9. The third-order valence-corrected chi connectivity index (χ3v) is 2.88. The lowest BCUT2D eigenvalue weighted by Gasteiger charge is -2.17. The number of halogens is 3. The van der Waals surface area contributed by atoms with Crippen molar-refractivity contribution in [1.29, 1.82) is 5.26 Å². The largest absolute Gasteiger partial charge is 0.418 e. The van der Waals surface area contributed by atoms with Gasteiger partial charge in [-0.3, -0.25) is 4.79 Å². The second-order valence-corrected chi connectivity index (χ2v) is 4.68. The van der Waals surface area contributed by atoms with Gasteiger partial charge >= 0.3 is 6.18 Å². The molecule has 1 rings (SSSR count). The van der Waals surface area contributed by atoms with E-state index in [1.807, 2.05) is 0 Å². The quantitative estimate of drug-likeness (QED) is 0.469. The van der Waals surface area contributed by atoms with E-state index in [0.29, 0.717) is 13.1 Å². The van der Waals surface area contributed by atoms with Crippen molar-refractivity contribution in [2.75, 3.05) is 18.4 Å². The lowest BCUT2D eigenvalue weighted by atomic mass is 10.1. The van der Waals surface area contributed by atoms with E-state index in [-0.39, 0.29) is 5.57 Å². The normalized spacial score (nSPS) is 11.3. The summed E-state index contributed by atoms with van der Waals surface area (Å²) in [7, 11) is 0. The van der Waals surface area contributed by atoms with Gasteiger partial charge in [0, 0.05) is 19.3 Å². The molecule has 1 aromatic carbocycles. The Bertz CT molecular complexity index is 677. The van der Waals surface area contributed by atoms with E-state index in [1.54, 1.807) is 23.1 Å². The van der Waals surface area contributed by atoms with E-state index in [9.17, 15) is 18.0 Å². The molecule has 1 aromatic rings. The molecular weight excluding hydrogens is 319 g/mol. The summed E-state index contributed by atoms with van der Waals surface area (Å²) in [4.78, 5) is 13.7. The van der Waals surface area contributed by atoms with Crippen LogP contribution >= 0.6 is 0 Å². The van der Waals surface area contributed by atoms with Gasteiger partial charge < -0.3 is 10.2 Å². The van der Waals surface area contributed by atoms with E-state index in [0.717, 1.165) is 12.1 Å². The molecule has 0 bridgehead atoms. The molecular formula is C17H16F3N3O. The molecule has 0 aliphatic heterocycles. The van der Waals surface area contributed by atoms with Crippen LogP contribution in [0.25, 0.3) is 0 Å². The number of carbonyl (C=O) groups is 1. The second kappa shape index (κ2) is 8.58. The van der Waals surface area contributed by atoms with Crippen LogP contribution in [0.4, 0.5) is 18.9 Å². The first-order valence-electron chi connectivity index (χ1n) is 6.88. The Hall–Kier alpha value is -3.01. The number of nitrogens with zero attached hydrogens (tertiary/aromatic N) is 2. The minimum absolute atomic E-state index is 0.323. The number of hydrogen-bond donors (Lipinski definition) is 1. The Labute approximate surface area is 138 Å². The van der Waals surface area contributed by atoms with E-state index < -0.39 is 23.3 Å². The van der Waals surface area contributed by atoms with Gasteiger partial charge in [-0.2, -0.15) is 18.4 Å². The number of nitrogens with one attached hydrogen (secondary N) is 1. The van der Waals surface area contributed by atoms with E-state index in [2.05, 4.69) is 18.5 Å². The molecule has 126 valence electrons. The number of carbonyl (C=O) groups excluding carboxylic acids is 1. The van der Waals surface area contributed by atoms with Crippen molar-refractivity contribution in [2.45, 2.75) is 6.18 Å². The minimum atomic E-state index is -4.61. The summed E-state index contributed by atoms with van der Waals surface area (Å²) in [6.45, 7) is 7.81. The molecule has 0 saturated carbocycles. The van der Waals surface area contributed by atoms with Crippen LogP contribution in [-0.4, -0.2) is 23.9 Å². The number of alkyl halides is 3. The average Bonchev–Trinajstić information content (AvgIpc) is 2.52. The summed E-state index contributed by atoms with van der Waals surface area (Å²) in [6.07, 6.45) is -0.231. The maximum Gasteiger partial charge on any atom is 0.418 e. The predicted molar refractivity (Wildman–Crippen MR) is 85.7 cm³/mol. The van der Waals surface area contributed by atoms with Crippen molar-refractivity contribution in [3.05, 3.63) is 66.9 Å². The molecule has 0 fully saturated rings. The topological polar surface area (TPSA) is 56.1 Å². The molecule has 0 spiro atoms. The second-order valence-electron chi connectivity index (χ2n) is 4.68. The Kier molecular flexibility index (Phi) is 6.80. The predicted octanol–water partition coefficient (Wildman–Crippen LogP) is 3.73. The van der Waals surface area contributed by atoms with Gasteiger partial charge in [-0.1, -0.05) is 24.3 Å². The Balaban J connectivity index is 3.07. The van der Waals surface area contributed by atoms with Gasteiger partial charge in [0.2, 0.25) is 0 Å².